The Balaban J connectivity index is 2.01. The van der Waals surface area contributed by atoms with Crippen LogP contribution in [0.5, 0.6) is 11.5 Å². The molecule has 0 aliphatic heterocycles. The minimum atomic E-state index is 0.428. The van der Waals surface area contributed by atoms with Crippen LogP contribution in [0.25, 0.3) is 0 Å². The molecular formula is C18H26N2O3. The quantitative estimate of drug-likeness (QED) is 0.747. The van der Waals surface area contributed by atoms with Crippen LogP contribution in [0.4, 0.5) is 0 Å². The molecule has 0 aliphatic rings. The maximum absolute atomic E-state index is 5.90. The molecule has 2 rings (SSSR count). The maximum atomic E-state index is 5.90. The van der Waals surface area contributed by atoms with E-state index >= 15 is 0 Å². The van der Waals surface area contributed by atoms with Gasteiger partial charge in [-0.2, -0.15) is 0 Å². The van der Waals surface area contributed by atoms with Crippen molar-refractivity contribution in [1.82, 2.24) is 10.1 Å². The van der Waals surface area contributed by atoms with Gasteiger partial charge in [-0.25, -0.2) is 0 Å². The van der Waals surface area contributed by atoms with E-state index in [2.05, 4.69) is 36.3 Å². The molecule has 0 unspecified atom stereocenters. The maximum Gasteiger partial charge on any atom is 0.161 e. The van der Waals surface area contributed by atoms with Crippen LogP contribution >= 0.6 is 0 Å². The molecule has 1 aromatic heterocycles. The van der Waals surface area contributed by atoms with Gasteiger partial charge >= 0.3 is 0 Å². The summed E-state index contributed by atoms with van der Waals surface area (Å²) in [6, 6.07) is 6.13. The van der Waals surface area contributed by atoms with Gasteiger partial charge in [0.2, 0.25) is 0 Å². The summed E-state index contributed by atoms with van der Waals surface area (Å²) >= 11 is 0. The fourth-order valence-corrected chi connectivity index (χ4v) is 2.44. The Morgan fingerprint density at radius 3 is 2.57 bits per heavy atom. The zero-order chi connectivity index (χ0) is 16.8. The molecule has 2 aromatic rings. The molecule has 0 N–H and O–H groups in total. The van der Waals surface area contributed by atoms with Gasteiger partial charge in [-0.1, -0.05) is 11.2 Å². The van der Waals surface area contributed by atoms with E-state index in [0.717, 1.165) is 47.9 Å². The molecule has 0 fully saturated rings. The van der Waals surface area contributed by atoms with E-state index in [1.54, 1.807) is 7.11 Å². The lowest BCUT2D eigenvalue weighted by atomic mass is 10.1. The second kappa shape index (κ2) is 8.02. The first-order valence-corrected chi connectivity index (χ1v) is 7.87. The number of aryl methyl sites for hydroxylation is 3. The number of nitrogens with zero attached hydrogens (tertiary/aromatic N) is 2. The average Bonchev–Trinajstić information content (AvgIpc) is 2.84. The standard InChI is InChI=1S/C18H26N2O3/c1-13-16(14(2)23-19-13)12-22-17-9-8-15(11-18(17)21-5)7-6-10-20(3)4/h8-9,11H,6-7,10,12H2,1-5H3. The van der Waals surface area contributed by atoms with Crippen LogP contribution in [-0.4, -0.2) is 37.8 Å². The van der Waals surface area contributed by atoms with Crippen LogP contribution in [-0.2, 0) is 13.0 Å². The van der Waals surface area contributed by atoms with E-state index in [1.165, 1.54) is 5.56 Å². The summed E-state index contributed by atoms with van der Waals surface area (Å²) in [5.41, 5.74) is 3.11. The first-order valence-electron chi connectivity index (χ1n) is 7.87. The van der Waals surface area contributed by atoms with Crippen LogP contribution in [0.2, 0.25) is 0 Å². The second-order valence-electron chi connectivity index (χ2n) is 5.98. The highest BCUT2D eigenvalue weighted by atomic mass is 16.5. The molecule has 0 spiro atoms. The molecule has 0 radical (unpaired) electrons. The van der Waals surface area contributed by atoms with Crippen molar-refractivity contribution in [3.05, 3.63) is 40.8 Å². The summed E-state index contributed by atoms with van der Waals surface area (Å²) in [7, 11) is 5.85. The second-order valence-corrected chi connectivity index (χ2v) is 5.98. The zero-order valence-electron chi connectivity index (χ0n) is 14.7. The Hall–Kier alpha value is -2.01. The lowest BCUT2D eigenvalue weighted by molar-refractivity contribution is 0.281. The lowest BCUT2D eigenvalue weighted by Gasteiger charge is -2.13. The van der Waals surface area contributed by atoms with Crippen molar-refractivity contribution >= 4 is 0 Å². The molecular weight excluding hydrogens is 292 g/mol. The highest BCUT2D eigenvalue weighted by Crippen LogP contribution is 2.30. The normalized spacial score (nSPS) is 11.0. The van der Waals surface area contributed by atoms with Gasteiger partial charge in [0.25, 0.3) is 0 Å². The molecule has 5 heteroatoms. The third kappa shape index (κ3) is 4.73. The number of hydrogen-bond donors (Lipinski definition) is 0. The van der Waals surface area contributed by atoms with Crippen molar-refractivity contribution < 1.29 is 14.0 Å². The van der Waals surface area contributed by atoms with Crippen molar-refractivity contribution in [2.24, 2.45) is 0 Å². The van der Waals surface area contributed by atoms with Gasteiger partial charge in [0.15, 0.2) is 11.5 Å². The molecule has 0 saturated heterocycles. The van der Waals surface area contributed by atoms with Crippen LogP contribution in [0.1, 0.15) is 29.0 Å². The first-order chi connectivity index (χ1) is 11.0. The number of rotatable bonds is 8. The van der Waals surface area contributed by atoms with E-state index in [1.807, 2.05) is 19.9 Å². The SMILES string of the molecule is COc1cc(CCCN(C)C)ccc1OCc1c(C)noc1C. The summed E-state index contributed by atoms with van der Waals surface area (Å²) in [5.74, 6) is 2.30. The summed E-state index contributed by atoms with van der Waals surface area (Å²) < 4.78 is 16.5. The molecule has 126 valence electrons. The van der Waals surface area contributed by atoms with Crippen molar-refractivity contribution in [2.75, 3.05) is 27.7 Å². The molecule has 0 amide bonds. The molecule has 23 heavy (non-hydrogen) atoms. The highest BCUT2D eigenvalue weighted by Gasteiger charge is 2.12. The van der Waals surface area contributed by atoms with Crippen molar-refractivity contribution in [3.8, 4) is 11.5 Å². The van der Waals surface area contributed by atoms with Gasteiger partial charge in [-0.15, -0.1) is 0 Å². The summed E-state index contributed by atoms with van der Waals surface area (Å²) in [5, 5.41) is 3.94. The van der Waals surface area contributed by atoms with Gasteiger partial charge in [0, 0.05) is 0 Å². The van der Waals surface area contributed by atoms with E-state index in [9.17, 15) is 0 Å². The van der Waals surface area contributed by atoms with Crippen LogP contribution < -0.4 is 9.47 Å². The largest absolute Gasteiger partial charge is 0.493 e. The van der Waals surface area contributed by atoms with Gasteiger partial charge in [0.05, 0.1) is 18.4 Å². The Morgan fingerprint density at radius 2 is 1.96 bits per heavy atom. The van der Waals surface area contributed by atoms with E-state index in [-0.39, 0.29) is 0 Å². The topological polar surface area (TPSA) is 47.7 Å². The number of ether oxygens (including phenoxy) is 2. The number of hydrogen-bond acceptors (Lipinski definition) is 5. The fourth-order valence-electron chi connectivity index (χ4n) is 2.44. The van der Waals surface area contributed by atoms with Crippen molar-refractivity contribution in [2.45, 2.75) is 33.3 Å². The summed E-state index contributed by atoms with van der Waals surface area (Å²) in [4.78, 5) is 2.19. The van der Waals surface area contributed by atoms with Gasteiger partial charge < -0.3 is 18.9 Å². The highest BCUT2D eigenvalue weighted by molar-refractivity contribution is 5.43. The fraction of sp³-hybridized carbons (Fsp3) is 0.500. The van der Waals surface area contributed by atoms with E-state index < -0.39 is 0 Å². The summed E-state index contributed by atoms with van der Waals surface area (Å²) in [6.45, 7) is 5.31. The molecule has 1 heterocycles. The van der Waals surface area contributed by atoms with Gasteiger partial charge in [0.1, 0.15) is 12.4 Å². The predicted octanol–water partition coefficient (Wildman–Crippen LogP) is 3.37. The van der Waals surface area contributed by atoms with E-state index in [0.29, 0.717) is 6.61 Å². The zero-order valence-corrected chi connectivity index (χ0v) is 14.7. The smallest absolute Gasteiger partial charge is 0.161 e. The Bertz CT molecular complexity index is 616. The number of aromatic nitrogens is 1. The Kier molecular flexibility index (Phi) is 6.04. The lowest BCUT2D eigenvalue weighted by Crippen LogP contribution is -2.13. The number of benzene rings is 1. The Labute approximate surface area is 138 Å². The van der Waals surface area contributed by atoms with Crippen molar-refractivity contribution in [3.63, 3.8) is 0 Å². The molecule has 0 saturated carbocycles. The minimum Gasteiger partial charge on any atom is -0.493 e. The van der Waals surface area contributed by atoms with Crippen molar-refractivity contribution in [1.29, 1.82) is 0 Å². The molecule has 5 nitrogen and oxygen atoms in total. The first kappa shape index (κ1) is 17.3. The van der Waals surface area contributed by atoms with Crippen LogP contribution in [0, 0.1) is 13.8 Å². The third-order valence-corrected chi connectivity index (χ3v) is 3.85. The third-order valence-electron chi connectivity index (χ3n) is 3.85. The Morgan fingerprint density at radius 1 is 1.17 bits per heavy atom. The minimum absolute atomic E-state index is 0.428. The molecule has 0 bridgehead atoms. The molecule has 0 atom stereocenters. The average molecular weight is 318 g/mol. The van der Waals surface area contributed by atoms with Gasteiger partial charge in [-0.05, 0) is 65.0 Å². The van der Waals surface area contributed by atoms with Gasteiger partial charge in [-0.3, -0.25) is 0 Å². The predicted molar refractivity (Wildman–Crippen MR) is 90.2 cm³/mol. The van der Waals surface area contributed by atoms with Crippen LogP contribution in [0.3, 0.4) is 0 Å². The summed E-state index contributed by atoms with van der Waals surface area (Å²) in [6.07, 6.45) is 2.15. The molecule has 0 aliphatic carbocycles. The monoisotopic (exact) mass is 318 g/mol. The van der Waals surface area contributed by atoms with E-state index in [4.69, 9.17) is 14.0 Å². The number of methoxy groups -OCH3 is 1. The van der Waals surface area contributed by atoms with Crippen LogP contribution in [0.15, 0.2) is 22.7 Å². The molecule has 1 aromatic carbocycles.